The van der Waals surface area contributed by atoms with Crippen LogP contribution < -0.4 is 5.32 Å². The fourth-order valence-electron chi connectivity index (χ4n) is 1.67. The van der Waals surface area contributed by atoms with Gasteiger partial charge in [-0.05, 0) is 12.8 Å². The van der Waals surface area contributed by atoms with Crippen LogP contribution in [0.15, 0.2) is 5.38 Å². The molecule has 1 amide bonds. The minimum Gasteiger partial charge on any atom is -0.476 e. The number of carbonyl (C=O) groups is 2. The van der Waals surface area contributed by atoms with Crippen LogP contribution in [0.4, 0.5) is 0 Å². The summed E-state index contributed by atoms with van der Waals surface area (Å²) < 4.78 is 11.2. The van der Waals surface area contributed by atoms with E-state index in [9.17, 15) is 13.8 Å². The van der Waals surface area contributed by atoms with Gasteiger partial charge in [-0.15, -0.1) is 11.3 Å². The summed E-state index contributed by atoms with van der Waals surface area (Å²) in [6, 6.07) is 0.00479. The molecule has 0 aliphatic carbocycles. The summed E-state index contributed by atoms with van der Waals surface area (Å²) in [5.74, 6) is -0.298. The van der Waals surface area contributed by atoms with Crippen LogP contribution in [-0.4, -0.2) is 43.7 Å². The maximum absolute atomic E-state index is 11.8. The molecule has 1 aromatic rings. The van der Waals surface area contributed by atoms with Crippen molar-refractivity contribution in [3.63, 3.8) is 0 Å². The van der Waals surface area contributed by atoms with Gasteiger partial charge in [0.15, 0.2) is 0 Å². The van der Waals surface area contributed by atoms with E-state index >= 15 is 0 Å². The SMILES string of the molecule is O=C(NC1CCS(=O)CC1)c1csc(C(=O)O)n1. The highest BCUT2D eigenvalue weighted by molar-refractivity contribution is 7.85. The van der Waals surface area contributed by atoms with Crippen molar-refractivity contribution in [3.05, 3.63) is 16.1 Å². The molecule has 2 rings (SSSR count). The number of hydrogen-bond acceptors (Lipinski definition) is 5. The van der Waals surface area contributed by atoms with Crippen molar-refractivity contribution in [1.82, 2.24) is 10.3 Å². The smallest absolute Gasteiger partial charge is 0.365 e. The third-order valence-corrected chi connectivity index (χ3v) is 4.86. The van der Waals surface area contributed by atoms with E-state index in [0.29, 0.717) is 24.3 Å². The summed E-state index contributed by atoms with van der Waals surface area (Å²) in [4.78, 5) is 26.2. The Balaban J connectivity index is 1.94. The average molecular weight is 288 g/mol. The van der Waals surface area contributed by atoms with Crippen molar-refractivity contribution in [2.75, 3.05) is 11.5 Å². The standard InChI is InChI=1S/C10H12N2O4S2/c13-8(7-5-17-9(12-7)10(14)15)11-6-1-3-18(16)4-2-6/h5-6H,1-4H2,(H,11,13)(H,14,15). The molecule has 8 heteroatoms. The first kappa shape index (κ1) is 13.2. The normalized spacial score (nSPS) is 23.6. The maximum atomic E-state index is 11.8. The molecule has 2 N–H and O–H groups in total. The summed E-state index contributed by atoms with van der Waals surface area (Å²) in [6.45, 7) is 0. The number of thiazole rings is 1. The highest BCUT2D eigenvalue weighted by atomic mass is 32.2. The lowest BCUT2D eigenvalue weighted by molar-refractivity contribution is 0.0696. The van der Waals surface area contributed by atoms with Crippen molar-refractivity contribution in [2.24, 2.45) is 0 Å². The summed E-state index contributed by atoms with van der Waals surface area (Å²) >= 11 is 0.928. The fourth-order valence-corrected chi connectivity index (χ4v) is 3.61. The first-order chi connectivity index (χ1) is 8.56. The van der Waals surface area contributed by atoms with Gasteiger partial charge in [-0.3, -0.25) is 9.00 Å². The number of rotatable bonds is 3. The molecule has 0 saturated carbocycles. The lowest BCUT2D eigenvalue weighted by Gasteiger charge is -2.21. The number of carboxylic acids is 1. The van der Waals surface area contributed by atoms with Crippen LogP contribution in [0.5, 0.6) is 0 Å². The number of nitrogens with one attached hydrogen (secondary N) is 1. The molecule has 2 heterocycles. The van der Waals surface area contributed by atoms with Crippen LogP contribution in [0.3, 0.4) is 0 Å². The second kappa shape index (κ2) is 5.57. The van der Waals surface area contributed by atoms with E-state index in [0.717, 1.165) is 11.3 Å². The Morgan fingerprint density at radius 1 is 1.44 bits per heavy atom. The van der Waals surface area contributed by atoms with Crippen molar-refractivity contribution in [1.29, 1.82) is 0 Å². The minimum atomic E-state index is -1.13. The molecule has 1 aliphatic rings. The molecular weight excluding hydrogens is 276 g/mol. The highest BCUT2D eigenvalue weighted by Gasteiger charge is 2.21. The van der Waals surface area contributed by atoms with Gasteiger partial charge in [0, 0.05) is 33.7 Å². The molecule has 0 spiro atoms. The van der Waals surface area contributed by atoms with Gasteiger partial charge in [0.1, 0.15) is 5.69 Å². The van der Waals surface area contributed by atoms with Crippen LogP contribution >= 0.6 is 11.3 Å². The van der Waals surface area contributed by atoms with Gasteiger partial charge in [-0.2, -0.15) is 0 Å². The monoisotopic (exact) mass is 288 g/mol. The Labute approximate surface area is 110 Å². The van der Waals surface area contributed by atoms with Gasteiger partial charge in [0.25, 0.3) is 5.91 Å². The summed E-state index contributed by atoms with van der Waals surface area (Å²) in [5, 5.41) is 12.8. The fraction of sp³-hybridized carbons (Fsp3) is 0.500. The van der Waals surface area contributed by atoms with Crippen molar-refractivity contribution in [2.45, 2.75) is 18.9 Å². The zero-order valence-corrected chi connectivity index (χ0v) is 11.1. The van der Waals surface area contributed by atoms with Crippen LogP contribution in [0.2, 0.25) is 0 Å². The molecule has 1 aliphatic heterocycles. The third-order valence-electron chi connectivity index (χ3n) is 2.64. The first-order valence-corrected chi connectivity index (χ1v) is 7.77. The Kier molecular flexibility index (Phi) is 4.07. The summed E-state index contributed by atoms with van der Waals surface area (Å²) in [5.41, 5.74) is 0.129. The van der Waals surface area contributed by atoms with Gasteiger partial charge in [0.05, 0.1) is 0 Å². The lowest BCUT2D eigenvalue weighted by atomic mass is 10.1. The second-order valence-electron chi connectivity index (χ2n) is 3.94. The van der Waals surface area contributed by atoms with E-state index in [-0.39, 0.29) is 22.7 Å². The number of aromatic carboxylic acids is 1. The molecule has 1 aromatic heterocycles. The van der Waals surface area contributed by atoms with E-state index in [1.807, 2.05) is 0 Å². The Morgan fingerprint density at radius 2 is 2.11 bits per heavy atom. The topological polar surface area (TPSA) is 96.4 Å². The number of hydrogen-bond donors (Lipinski definition) is 2. The number of carbonyl (C=O) groups excluding carboxylic acids is 1. The summed E-state index contributed by atoms with van der Waals surface area (Å²) in [6.07, 6.45) is 1.38. The lowest BCUT2D eigenvalue weighted by Crippen LogP contribution is -2.39. The highest BCUT2D eigenvalue weighted by Crippen LogP contribution is 2.12. The largest absolute Gasteiger partial charge is 0.476 e. The van der Waals surface area contributed by atoms with Crippen molar-refractivity contribution >= 4 is 34.0 Å². The number of amides is 1. The van der Waals surface area contributed by atoms with Gasteiger partial charge in [0.2, 0.25) is 5.01 Å². The van der Waals surface area contributed by atoms with Crippen LogP contribution in [0.25, 0.3) is 0 Å². The molecule has 1 saturated heterocycles. The van der Waals surface area contributed by atoms with Crippen LogP contribution in [-0.2, 0) is 10.8 Å². The third kappa shape index (κ3) is 3.14. The molecule has 0 aromatic carbocycles. The Bertz CT molecular complexity index is 490. The quantitative estimate of drug-likeness (QED) is 0.843. The predicted octanol–water partition coefficient (Wildman–Crippen LogP) is 0.482. The molecule has 0 radical (unpaired) electrons. The second-order valence-corrected chi connectivity index (χ2v) is 6.49. The Hall–Kier alpha value is -1.28. The van der Waals surface area contributed by atoms with Crippen molar-refractivity contribution < 1.29 is 18.9 Å². The van der Waals surface area contributed by atoms with Crippen molar-refractivity contribution in [3.8, 4) is 0 Å². The summed E-state index contributed by atoms with van der Waals surface area (Å²) in [7, 11) is -0.765. The van der Waals surface area contributed by atoms with Gasteiger partial charge < -0.3 is 10.4 Å². The van der Waals surface area contributed by atoms with E-state index in [4.69, 9.17) is 5.11 Å². The molecule has 0 bridgehead atoms. The van der Waals surface area contributed by atoms with Gasteiger partial charge in [-0.25, -0.2) is 9.78 Å². The molecule has 0 atom stereocenters. The number of aromatic nitrogens is 1. The zero-order valence-electron chi connectivity index (χ0n) is 9.42. The van der Waals surface area contributed by atoms with Crippen LogP contribution in [0, 0.1) is 0 Å². The predicted molar refractivity (Wildman–Crippen MR) is 67.4 cm³/mol. The molecular formula is C10H12N2O4S2. The minimum absolute atomic E-state index is 0.00479. The zero-order chi connectivity index (χ0) is 13.1. The molecule has 6 nitrogen and oxygen atoms in total. The van der Waals surface area contributed by atoms with E-state index in [1.54, 1.807) is 0 Å². The first-order valence-electron chi connectivity index (χ1n) is 5.41. The van der Waals surface area contributed by atoms with E-state index in [2.05, 4.69) is 10.3 Å². The van der Waals surface area contributed by atoms with Gasteiger partial charge >= 0.3 is 5.97 Å². The maximum Gasteiger partial charge on any atom is 0.365 e. The molecule has 1 fully saturated rings. The Morgan fingerprint density at radius 3 is 2.67 bits per heavy atom. The number of nitrogens with zero attached hydrogens (tertiary/aromatic N) is 1. The van der Waals surface area contributed by atoms with Gasteiger partial charge in [-0.1, -0.05) is 0 Å². The molecule has 18 heavy (non-hydrogen) atoms. The van der Waals surface area contributed by atoms with E-state index < -0.39 is 16.8 Å². The van der Waals surface area contributed by atoms with Crippen LogP contribution in [0.1, 0.15) is 33.1 Å². The van der Waals surface area contributed by atoms with E-state index in [1.165, 1.54) is 5.38 Å². The number of carboxylic acid groups (broad SMARTS) is 1. The molecule has 98 valence electrons. The average Bonchev–Trinajstić information content (AvgIpc) is 2.81. The molecule has 0 unspecified atom stereocenters.